The van der Waals surface area contributed by atoms with E-state index in [1.54, 1.807) is 0 Å². The molecule has 0 radical (unpaired) electrons. The van der Waals surface area contributed by atoms with Crippen molar-refractivity contribution in [2.24, 2.45) is 0 Å². The molecule has 19 heavy (non-hydrogen) atoms. The molecule has 2 saturated carbocycles. The van der Waals surface area contributed by atoms with Gasteiger partial charge in [0.1, 0.15) is 5.54 Å². The molecule has 0 spiro atoms. The number of nitrogens with one attached hydrogen (secondary N) is 1. The molecule has 4 nitrogen and oxygen atoms in total. The summed E-state index contributed by atoms with van der Waals surface area (Å²) >= 11 is 0. The van der Waals surface area contributed by atoms with E-state index in [-0.39, 0.29) is 12.1 Å². The van der Waals surface area contributed by atoms with Gasteiger partial charge < -0.3 is 9.47 Å². The van der Waals surface area contributed by atoms with Crippen LogP contribution >= 0.6 is 0 Å². The van der Waals surface area contributed by atoms with E-state index in [1.165, 1.54) is 12.8 Å². The highest BCUT2D eigenvalue weighted by Crippen LogP contribution is 2.35. The first-order chi connectivity index (χ1) is 9.20. The molecule has 110 valence electrons. The quantitative estimate of drug-likeness (QED) is 0.721. The van der Waals surface area contributed by atoms with Crippen LogP contribution in [0.5, 0.6) is 0 Å². The molecule has 0 aliphatic heterocycles. The van der Waals surface area contributed by atoms with Crippen molar-refractivity contribution in [1.82, 2.24) is 5.32 Å². The van der Waals surface area contributed by atoms with Gasteiger partial charge in [-0.3, -0.25) is 10.1 Å². The van der Waals surface area contributed by atoms with Gasteiger partial charge in [0, 0.05) is 19.1 Å². The maximum atomic E-state index is 12.4. The Hall–Kier alpha value is -0.610. The molecule has 0 saturated heterocycles. The molecule has 1 N–H and O–H groups in total. The van der Waals surface area contributed by atoms with Gasteiger partial charge in [0.2, 0.25) is 0 Å². The van der Waals surface area contributed by atoms with E-state index in [2.05, 4.69) is 12.2 Å². The molecule has 0 heterocycles. The molecule has 0 bridgehead atoms. The van der Waals surface area contributed by atoms with Crippen LogP contribution in [0.25, 0.3) is 0 Å². The van der Waals surface area contributed by atoms with Crippen molar-refractivity contribution in [3.05, 3.63) is 0 Å². The van der Waals surface area contributed by atoms with Crippen LogP contribution in [-0.2, 0) is 14.3 Å². The maximum Gasteiger partial charge on any atom is 0.326 e. The van der Waals surface area contributed by atoms with Gasteiger partial charge in [-0.15, -0.1) is 0 Å². The zero-order valence-corrected chi connectivity index (χ0v) is 12.2. The van der Waals surface area contributed by atoms with Crippen molar-refractivity contribution in [3.8, 4) is 0 Å². The summed E-state index contributed by atoms with van der Waals surface area (Å²) in [6.45, 7) is 5.22. The van der Waals surface area contributed by atoms with E-state index < -0.39 is 5.54 Å². The van der Waals surface area contributed by atoms with Gasteiger partial charge in [-0.25, -0.2) is 0 Å². The van der Waals surface area contributed by atoms with Crippen LogP contribution in [0.15, 0.2) is 0 Å². The van der Waals surface area contributed by atoms with E-state index in [9.17, 15) is 4.79 Å². The van der Waals surface area contributed by atoms with Crippen LogP contribution in [0, 0.1) is 0 Å². The predicted molar refractivity (Wildman–Crippen MR) is 74.0 cm³/mol. The minimum absolute atomic E-state index is 0.0771. The number of esters is 1. The zero-order valence-electron chi connectivity index (χ0n) is 12.2. The third kappa shape index (κ3) is 3.93. The van der Waals surface area contributed by atoms with Gasteiger partial charge >= 0.3 is 5.97 Å². The fraction of sp³-hybridized carbons (Fsp3) is 0.933. The first kappa shape index (κ1) is 14.8. The summed E-state index contributed by atoms with van der Waals surface area (Å²) in [6.07, 6.45) is 7.34. The molecule has 2 unspecified atom stereocenters. The van der Waals surface area contributed by atoms with E-state index in [0.717, 1.165) is 38.7 Å². The number of ether oxygens (including phenoxy) is 2. The summed E-state index contributed by atoms with van der Waals surface area (Å²) in [6, 6.07) is 0.509. The van der Waals surface area contributed by atoms with Crippen LogP contribution in [0.1, 0.15) is 58.8 Å². The fourth-order valence-electron chi connectivity index (χ4n) is 2.91. The summed E-state index contributed by atoms with van der Waals surface area (Å²) in [5.41, 5.74) is -0.492. The van der Waals surface area contributed by atoms with E-state index in [4.69, 9.17) is 9.47 Å². The predicted octanol–water partition coefficient (Wildman–Crippen LogP) is 2.41. The van der Waals surface area contributed by atoms with Gasteiger partial charge in [-0.1, -0.05) is 6.92 Å². The Morgan fingerprint density at radius 2 is 2.11 bits per heavy atom. The van der Waals surface area contributed by atoms with Gasteiger partial charge in [0.15, 0.2) is 0 Å². The highest BCUT2D eigenvalue weighted by Gasteiger charge is 2.47. The standard InChI is InChI=1S/C15H27NO3/c1-3-10-19-13-6-5-9-15(11-13,14(17)18-4-2)16-12-7-8-12/h12-13,16H,3-11H2,1-2H3. The molecule has 0 aromatic carbocycles. The highest BCUT2D eigenvalue weighted by molar-refractivity contribution is 5.81. The normalized spacial score (nSPS) is 31.2. The topological polar surface area (TPSA) is 47.6 Å². The van der Waals surface area contributed by atoms with Crippen molar-refractivity contribution in [2.75, 3.05) is 13.2 Å². The Labute approximate surface area is 116 Å². The first-order valence-electron chi connectivity index (χ1n) is 7.76. The average molecular weight is 269 g/mol. The van der Waals surface area contributed by atoms with Gasteiger partial charge in [-0.05, 0) is 45.4 Å². The third-order valence-corrected chi connectivity index (χ3v) is 3.99. The molecule has 4 heteroatoms. The zero-order chi connectivity index (χ0) is 13.7. The maximum absolute atomic E-state index is 12.4. The largest absolute Gasteiger partial charge is 0.465 e. The summed E-state index contributed by atoms with van der Waals surface area (Å²) < 4.78 is 11.2. The van der Waals surface area contributed by atoms with Crippen LogP contribution in [-0.4, -0.2) is 36.9 Å². The smallest absolute Gasteiger partial charge is 0.326 e. The number of hydrogen-bond acceptors (Lipinski definition) is 4. The second kappa shape index (κ2) is 6.71. The SMILES string of the molecule is CCCOC1CCCC(NC2CC2)(C(=O)OCC)C1. The second-order valence-corrected chi connectivity index (χ2v) is 5.81. The summed E-state index contributed by atoms with van der Waals surface area (Å²) in [5, 5.41) is 3.54. The molecule has 2 aliphatic rings. The summed E-state index contributed by atoms with van der Waals surface area (Å²) in [7, 11) is 0. The Morgan fingerprint density at radius 1 is 1.32 bits per heavy atom. The van der Waals surface area contributed by atoms with Crippen molar-refractivity contribution < 1.29 is 14.3 Å². The summed E-state index contributed by atoms with van der Waals surface area (Å²) in [5.74, 6) is -0.0771. The molecular formula is C15H27NO3. The molecule has 2 fully saturated rings. The lowest BCUT2D eigenvalue weighted by Gasteiger charge is -2.39. The van der Waals surface area contributed by atoms with Gasteiger partial charge in [0.25, 0.3) is 0 Å². The van der Waals surface area contributed by atoms with Crippen LogP contribution in [0.3, 0.4) is 0 Å². The lowest BCUT2D eigenvalue weighted by molar-refractivity contribution is -0.155. The summed E-state index contributed by atoms with van der Waals surface area (Å²) in [4.78, 5) is 12.4. The lowest BCUT2D eigenvalue weighted by Crippen LogP contribution is -2.57. The monoisotopic (exact) mass is 269 g/mol. The van der Waals surface area contributed by atoms with Gasteiger partial charge in [0.05, 0.1) is 12.7 Å². The number of rotatable bonds is 7. The Bertz CT molecular complexity index is 304. The molecule has 2 atom stereocenters. The van der Waals surface area contributed by atoms with Crippen LogP contribution in [0.4, 0.5) is 0 Å². The van der Waals surface area contributed by atoms with Crippen molar-refractivity contribution in [3.63, 3.8) is 0 Å². The second-order valence-electron chi connectivity index (χ2n) is 5.81. The van der Waals surface area contributed by atoms with Gasteiger partial charge in [-0.2, -0.15) is 0 Å². The van der Waals surface area contributed by atoms with Crippen molar-refractivity contribution >= 4 is 5.97 Å². The van der Waals surface area contributed by atoms with E-state index in [1.807, 2.05) is 6.92 Å². The Kier molecular flexibility index (Phi) is 5.22. The average Bonchev–Trinajstić information content (AvgIpc) is 3.21. The number of carbonyl (C=O) groups excluding carboxylic acids is 1. The molecule has 2 aliphatic carbocycles. The third-order valence-electron chi connectivity index (χ3n) is 3.99. The Balaban J connectivity index is 2.00. The lowest BCUT2D eigenvalue weighted by atomic mass is 9.79. The molecule has 0 amide bonds. The molecule has 2 rings (SSSR count). The van der Waals surface area contributed by atoms with Crippen molar-refractivity contribution in [1.29, 1.82) is 0 Å². The number of carbonyl (C=O) groups is 1. The van der Waals surface area contributed by atoms with E-state index in [0.29, 0.717) is 12.6 Å². The first-order valence-corrected chi connectivity index (χ1v) is 7.76. The minimum Gasteiger partial charge on any atom is -0.465 e. The molecule has 0 aromatic rings. The molecular weight excluding hydrogens is 242 g/mol. The van der Waals surface area contributed by atoms with E-state index >= 15 is 0 Å². The minimum atomic E-state index is -0.492. The van der Waals surface area contributed by atoms with Crippen LogP contribution in [0.2, 0.25) is 0 Å². The molecule has 0 aromatic heterocycles. The van der Waals surface area contributed by atoms with Crippen molar-refractivity contribution in [2.45, 2.75) is 76.5 Å². The number of hydrogen-bond donors (Lipinski definition) is 1. The van der Waals surface area contributed by atoms with Crippen LogP contribution < -0.4 is 5.32 Å². The fourth-order valence-corrected chi connectivity index (χ4v) is 2.91. The Morgan fingerprint density at radius 3 is 2.74 bits per heavy atom. The highest BCUT2D eigenvalue weighted by atomic mass is 16.5.